The minimum absolute atomic E-state index is 0.111. The van der Waals surface area contributed by atoms with Crippen LogP contribution in [0.5, 0.6) is 0 Å². The summed E-state index contributed by atoms with van der Waals surface area (Å²) in [7, 11) is 0. The Balaban J connectivity index is 1.93. The summed E-state index contributed by atoms with van der Waals surface area (Å²) in [6.07, 6.45) is 7.71. The van der Waals surface area contributed by atoms with Crippen LogP contribution >= 0.6 is 0 Å². The van der Waals surface area contributed by atoms with E-state index in [1.54, 1.807) is 0 Å². The maximum atomic E-state index is 12.2. The number of carbonyl (C=O) groups is 2. The molecule has 2 fully saturated rings. The molecule has 0 radical (unpaired) electrons. The highest BCUT2D eigenvalue weighted by Gasteiger charge is 2.43. The van der Waals surface area contributed by atoms with E-state index in [4.69, 9.17) is 0 Å². The lowest BCUT2D eigenvalue weighted by Crippen LogP contribution is -2.60. The Labute approximate surface area is 126 Å². The zero-order valence-electron chi connectivity index (χ0n) is 13.2. The molecule has 21 heavy (non-hydrogen) atoms. The largest absolute Gasteiger partial charge is 0.480 e. The number of nitrogens with one attached hydrogen (secondary N) is 2. The van der Waals surface area contributed by atoms with Crippen molar-refractivity contribution in [2.45, 2.75) is 76.8 Å². The molecule has 5 nitrogen and oxygen atoms in total. The van der Waals surface area contributed by atoms with Gasteiger partial charge in [0.2, 0.25) is 0 Å². The molecule has 3 N–H and O–H groups in total. The van der Waals surface area contributed by atoms with Gasteiger partial charge in [-0.15, -0.1) is 0 Å². The van der Waals surface area contributed by atoms with Crippen LogP contribution in [0.25, 0.3) is 0 Å². The molecule has 5 heteroatoms. The number of carbonyl (C=O) groups excluding carboxylic acids is 1. The first-order valence-electron chi connectivity index (χ1n) is 8.25. The van der Waals surface area contributed by atoms with Crippen molar-refractivity contribution in [1.82, 2.24) is 10.6 Å². The van der Waals surface area contributed by atoms with Crippen LogP contribution < -0.4 is 10.6 Å². The van der Waals surface area contributed by atoms with Crippen molar-refractivity contribution in [3.05, 3.63) is 0 Å². The molecule has 3 atom stereocenters. The smallest absolute Gasteiger partial charge is 0.329 e. The molecule has 120 valence electrons. The van der Waals surface area contributed by atoms with Gasteiger partial charge in [0.15, 0.2) is 0 Å². The van der Waals surface area contributed by atoms with Crippen LogP contribution in [0.3, 0.4) is 0 Å². The molecule has 0 saturated heterocycles. The van der Waals surface area contributed by atoms with Gasteiger partial charge in [-0.1, -0.05) is 32.6 Å². The number of amides is 2. The van der Waals surface area contributed by atoms with E-state index < -0.39 is 11.5 Å². The lowest BCUT2D eigenvalue weighted by Gasteiger charge is -2.37. The van der Waals surface area contributed by atoms with Crippen molar-refractivity contribution in [3.63, 3.8) is 0 Å². The SMILES string of the molecule is CC1CCCC(NC(=O)NC(C)C2CCCC2)(C(=O)O)C1. The number of hydrogen-bond donors (Lipinski definition) is 3. The summed E-state index contributed by atoms with van der Waals surface area (Å²) in [5, 5.41) is 15.3. The van der Waals surface area contributed by atoms with E-state index in [1.807, 2.05) is 6.92 Å². The zero-order chi connectivity index (χ0) is 15.5. The lowest BCUT2D eigenvalue weighted by atomic mass is 9.76. The number of carboxylic acids is 1. The molecule has 0 aliphatic heterocycles. The van der Waals surface area contributed by atoms with Gasteiger partial charge < -0.3 is 15.7 Å². The fourth-order valence-corrected chi connectivity index (χ4v) is 3.95. The van der Waals surface area contributed by atoms with Crippen molar-refractivity contribution in [2.75, 3.05) is 0 Å². The quantitative estimate of drug-likeness (QED) is 0.746. The molecule has 2 rings (SSSR count). The molecule has 0 heterocycles. The summed E-state index contributed by atoms with van der Waals surface area (Å²) in [5.74, 6) is -0.0399. The predicted octanol–water partition coefficient (Wildman–Crippen LogP) is 2.90. The van der Waals surface area contributed by atoms with E-state index >= 15 is 0 Å². The summed E-state index contributed by atoms with van der Waals surface area (Å²) in [5.41, 5.74) is -1.09. The summed E-state index contributed by atoms with van der Waals surface area (Å²) in [6, 6.07) is -0.217. The molecule has 0 bridgehead atoms. The second-order valence-electron chi connectivity index (χ2n) is 7.02. The van der Waals surface area contributed by atoms with E-state index in [-0.39, 0.29) is 12.1 Å². The van der Waals surface area contributed by atoms with Crippen molar-refractivity contribution >= 4 is 12.0 Å². The fourth-order valence-electron chi connectivity index (χ4n) is 3.95. The Morgan fingerprint density at radius 2 is 1.86 bits per heavy atom. The highest BCUT2D eigenvalue weighted by atomic mass is 16.4. The van der Waals surface area contributed by atoms with Gasteiger partial charge in [-0.05, 0) is 44.4 Å². The van der Waals surface area contributed by atoms with E-state index in [0.717, 1.165) is 25.7 Å². The van der Waals surface area contributed by atoms with E-state index in [1.165, 1.54) is 12.8 Å². The Hall–Kier alpha value is -1.26. The average Bonchev–Trinajstić information content (AvgIpc) is 2.92. The van der Waals surface area contributed by atoms with E-state index in [2.05, 4.69) is 17.6 Å². The molecular formula is C16H28N2O3. The number of carboxylic acid groups (broad SMARTS) is 1. The molecule has 2 saturated carbocycles. The van der Waals surface area contributed by atoms with Gasteiger partial charge in [0.05, 0.1) is 0 Å². The summed E-state index contributed by atoms with van der Waals surface area (Å²) < 4.78 is 0. The van der Waals surface area contributed by atoms with Crippen LogP contribution in [-0.4, -0.2) is 28.7 Å². The van der Waals surface area contributed by atoms with Crippen molar-refractivity contribution in [1.29, 1.82) is 0 Å². The molecule has 2 aliphatic carbocycles. The Morgan fingerprint density at radius 1 is 1.19 bits per heavy atom. The van der Waals surface area contributed by atoms with Gasteiger partial charge in [0, 0.05) is 6.04 Å². The third-order valence-electron chi connectivity index (χ3n) is 5.23. The van der Waals surface area contributed by atoms with Crippen LogP contribution in [0.15, 0.2) is 0 Å². The molecule has 2 aliphatic rings. The molecule has 0 aromatic rings. The van der Waals surface area contributed by atoms with Crippen LogP contribution in [-0.2, 0) is 4.79 Å². The number of urea groups is 1. The Kier molecular flexibility index (Phi) is 5.12. The fraction of sp³-hybridized carbons (Fsp3) is 0.875. The second-order valence-corrected chi connectivity index (χ2v) is 7.02. The lowest BCUT2D eigenvalue weighted by molar-refractivity contribution is -0.146. The van der Waals surface area contributed by atoms with Gasteiger partial charge in [-0.25, -0.2) is 9.59 Å². The maximum Gasteiger partial charge on any atom is 0.329 e. The second kappa shape index (κ2) is 6.67. The molecule has 0 aromatic carbocycles. The number of aliphatic carboxylic acids is 1. The zero-order valence-corrected chi connectivity index (χ0v) is 13.2. The third-order valence-corrected chi connectivity index (χ3v) is 5.23. The van der Waals surface area contributed by atoms with E-state index in [9.17, 15) is 14.7 Å². The van der Waals surface area contributed by atoms with Gasteiger partial charge in [-0.3, -0.25) is 0 Å². The third kappa shape index (κ3) is 3.89. The first kappa shape index (κ1) is 16.1. The Bertz CT molecular complexity index is 393. The number of rotatable bonds is 4. The summed E-state index contributed by atoms with van der Waals surface area (Å²) >= 11 is 0. The maximum absolute atomic E-state index is 12.2. The van der Waals surface area contributed by atoms with Crippen molar-refractivity contribution in [3.8, 4) is 0 Å². The molecule has 0 aromatic heterocycles. The Morgan fingerprint density at radius 3 is 2.43 bits per heavy atom. The average molecular weight is 296 g/mol. The first-order chi connectivity index (χ1) is 9.93. The molecule has 3 unspecified atom stereocenters. The standard InChI is InChI=1S/C16H28N2O3/c1-11-6-5-9-16(10-11,14(19)20)18-15(21)17-12(2)13-7-3-4-8-13/h11-13H,3-10H2,1-2H3,(H,19,20)(H2,17,18,21). The summed E-state index contributed by atoms with van der Waals surface area (Å²) in [6.45, 7) is 4.07. The van der Waals surface area contributed by atoms with Gasteiger partial charge in [0.25, 0.3) is 0 Å². The van der Waals surface area contributed by atoms with Crippen molar-refractivity contribution < 1.29 is 14.7 Å². The topological polar surface area (TPSA) is 78.4 Å². The van der Waals surface area contributed by atoms with Crippen LogP contribution in [0.1, 0.15) is 65.2 Å². The normalized spacial score (nSPS) is 31.6. The monoisotopic (exact) mass is 296 g/mol. The minimum Gasteiger partial charge on any atom is -0.480 e. The van der Waals surface area contributed by atoms with Crippen LogP contribution in [0.4, 0.5) is 4.79 Å². The predicted molar refractivity (Wildman–Crippen MR) is 81.1 cm³/mol. The number of hydrogen-bond acceptors (Lipinski definition) is 2. The highest BCUT2D eigenvalue weighted by molar-refractivity contribution is 5.86. The molecular weight excluding hydrogens is 268 g/mol. The minimum atomic E-state index is -1.09. The highest BCUT2D eigenvalue weighted by Crippen LogP contribution is 2.33. The van der Waals surface area contributed by atoms with Gasteiger partial charge in [-0.2, -0.15) is 0 Å². The van der Waals surface area contributed by atoms with E-state index in [0.29, 0.717) is 24.7 Å². The molecule has 0 spiro atoms. The van der Waals surface area contributed by atoms with Gasteiger partial charge >= 0.3 is 12.0 Å². The van der Waals surface area contributed by atoms with Crippen molar-refractivity contribution in [2.24, 2.45) is 11.8 Å². The molecule has 2 amide bonds. The van der Waals surface area contributed by atoms with Gasteiger partial charge in [0.1, 0.15) is 5.54 Å². The van der Waals surface area contributed by atoms with Crippen LogP contribution in [0, 0.1) is 11.8 Å². The first-order valence-corrected chi connectivity index (χ1v) is 8.25. The summed E-state index contributed by atoms with van der Waals surface area (Å²) in [4.78, 5) is 23.9. The van der Waals surface area contributed by atoms with Crippen LogP contribution in [0.2, 0.25) is 0 Å².